The summed E-state index contributed by atoms with van der Waals surface area (Å²) in [6.45, 7) is 4.00. The van der Waals surface area contributed by atoms with Gasteiger partial charge in [0.15, 0.2) is 0 Å². The zero-order chi connectivity index (χ0) is 20.9. The monoisotopic (exact) mass is 417 g/mol. The van der Waals surface area contributed by atoms with Gasteiger partial charge in [0, 0.05) is 6.04 Å². The number of carbonyl (C=O) groups excluding carboxylic acids is 1. The Hall–Kier alpha value is -2.38. The molecule has 2 aromatic carbocycles. The van der Waals surface area contributed by atoms with Gasteiger partial charge in [0.25, 0.3) is 10.1 Å². The fraction of sp³-hybridized carbons (Fsp3) is 0.409. The van der Waals surface area contributed by atoms with Gasteiger partial charge in [-0.05, 0) is 43.9 Å². The highest BCUT2D eigenvalue weighted by atomic mass is 32.2. The van der Waals surface area contributed by atoms with Gasteiger partial charge in [0.2, 0.25) is 0 Å². The van der Waals surface area contributed by atoms with E-state index in [-0.39, 0.29) is 30.2 Å². The fourth-order valence-electron chi connectivity index (χ4n) is 3.56. The number of nitrogens with zero attached hydrogens (tertiary/aromatic N) is 1. The molecule has 7 heteroatoms. The van der Waals surface area contributed by atoms with Gasteiger partial charge in [-0.1, -0.05) is 55.0 Å². The number of rotatable bonds is 7. The summed E-state index contributed by atoms with van der Waals surface area (Å²) >= 11 is 0. The third kappa shape index (κ3) is 5.36. The number of carbonyl (C=O) groups is 1. The van der Waals surface area contributed by atoms with Crippen LogP contribution in [0.15, 0.2) is 59.5 Å². The van der Waals surface area contributed by atoms with Crippen LogP contribution in [0.2, 0.25) is 0 Å². The van der Waals surface area contributed by atoms with E-state index in [2.05, 4.69) is 0 Å². The van der Waals surface area contributed by atoms with E-state index in [4.69, 9.17) is 8.92 Å². The van der Waals surface area contributed by atoms with Crippen LogP contribution in [-0.2, 0) is 25.6 Å². The van der Waals surface area contributed by atoms with Gasteiger partial charge < -0.3 is 4.74 Å². The molecule has 6 nitrogen and oxygen atoms in total. The van der Waals surface area contributed by atoms with Gasteiger partial charge in [-0.2, -0.15) is 8.42 Å². The smallest absolute Gasteiger partial charge is 0.410 e. The molecule has 3 rings (SSSR count). The summed E-state index contributed by atoms with van der Waals surface area (Å²) < 4.78 is 35.7. The summed E-state index contributed by atoms with van der Waals surface area (Å²) in [4.78, 5) is 14.5. The molecule has 29 heavy (non-hydrogen) atoms. The maximum absolute atomic E-state index is 12.7. The number of likely N-dealkylation sites (tertiary alicyclic amines) is 1. The van der Waals surface area contributed by atoms with Crippen LogP contribution in [-0.4, -0.2) is 38.1 Å². The number of hydrogen-bond acceptors (Lipinski definition) is 5. The van der Waals surface area contributed by atoms with E-state index >= 15 is 0 Å². The normalized spacial score (nSPS) is 19.3. The Morgan fingerprint density at radius 2 is 1.69 bits per heavy atom. The second-order valence-electron chi connectivity index (χ2n) is 7.29. The van der Waals surface area contributed by atoms with Crippen molar-refractivity contribution < 1.29 is 22.1 Å². The summed E-state index contributed by atoms with van der Waals surface area (Å²) in [7, 11) is -3.87. The molecule has 1 heterocycles. The molecule has 0 bridgehead atoms. The average molecular weight is 418 g/mol. The van der Waals surface area contributed by atoms with Crippen molar-refractivity contribution in [2.24, 2.45) is 0 Å². The second-order valence-corrected chi connectivity index (χ2v) is 8.91. The van der Waals surface area contributed by atoms with Crippen molar-refractivity contribution in [2.75, 3.05) is 6.61 Å². The number of aryl methyl sites for hydroxylation is 1. The summed E-state index contributed by atoms with van der Waals surface area (Å²) in [5.74, 6) is 0. The molecule has 2 aromatic rings. The van der Waals surface area contributed by atoms with Gasteiger partial charge in [-0.3, -0.25) is 9.08 Å². The summed E-state index contributed by atoms with van der Waals surface area (Å²) in [6.07, 6.45) is 1.83. The van der Waals surface area contributed by atoms with Gasteiger partial charge in [0.1, 0.15) is 6.61 Å². The Bertz CT molecular complexity index is 912. The van der Waals surface area contributed by atoms with Crippen LogP contribution in [0.5, 0.6) is 0 Å². The van der Waals surface area contributed by atoms with E-state index in [0.29, 0.717) is 6.42 Å². The van der Waals surface area contributed by atoms with Crippen molar-refractivity contribution in [1.29, 1.82) is 0 Å². The second kappa shape index (κ2) is 9.41. The van der Waals surface area contributed by atoms with Crippen LogP contribution in [0, 0.1) is 6.92 Å². The fourth-order valence-corrected chi connectivity index (χ4v) is 4.50. The van der Waals surface area contributed by atoms with E-state index in [1.165, 1.54) is 12.1 Å². The van der Waals surface area contributed by atoms with E-state index in [1.54, 1.807) is 17.0 Å². The van der Waals surface area contributed by atoms with Gasteiger partial charge >= 0.3 is 6.09 Å². The molecule has 1 saturated heterocycles. The third-order valence-corrected chi connectivity index (χ3v) is 6.53. The first kappa shape index (κ1) is 21.3. The standard InChI is InChI=1S/C22H27NO5S/c1-3-19-11-12-20(16-28-29(25,26)21-13-9-17(2)10-14-21)23(19)22(24)27-15-18-7-5-4-6-8-18/h4-10,13-14,19-20H,3,11-12,15-16H2,1-2H3/t19-,20-/m0/s1. The molecule has 1 amide bonds. The molecule has 0 aromatic heterocycles. The van der Waals surface area contributed by atoms with Crippen LogP contribution in [0.1, 0.15) is 37.3 Å². The molecule has 0 radical (unpaired) electrons. The van der Waals surface area contributed by atoms with Crippen LogP contribution in [0.25, 0.3) is 0 Å². The van der Waals surface area contributed by atoms with Crippen molar-refractivity contribution in [3.8, 4) is 0 Å². The molecular formula is C22H27NO5S. The van der Waals surface area contributed by atoms with E-state index in [1.807, 2.05) is 44.2 Å². The molecule has 0 aliphatic carbocycles. The Morgan fingerprint density at radius 1 is 1.03 bits per heavy atom. The lowest BCUT2D eigenvalue weighted by atomic mass is 10.1. The highest BCUT2D eigenvalue weighted by molar-refractivity contribution is 7.86. The number of benzene rings is 2. The SMILES string of the molecule is CC[C@H]1CC[C@@H](COS(=O)(=O)c2ccc(C)cc2)N1C(=O)OCc1ccccc1. The maximum Gasteiger partial charge on any atom is 0.410 e. The van der Waals surface area contributed by atoms with Crippen LogP contribution >= 0.6 is 0 Å². The van der Waals surface area contributed by atoms with Crippen molar-refractivity contribution in [1.82, 2.24) is 4.90 Å². The first-order valence-corrected chi connectivity index (χ1v) is 11.3. The van der Waals surface area contributed by atoms with E-state index < -0.39 is 16.2 Å². The number of amides is 1. The number of hydrogen-bond donors (Lipinski definition) is 0. The molecule has 2 atom stereocenters. The third-order valence-electron chi connectivity index (χ3n) is 5.23. The predicted octanol–water partition coefficient (Wildman–Crippen LogP) is 4.28. The molecule has 0 spiro atoms. The minimum Gasteiger partial charge on any atom is -0.445 e. The highest BCUT2D eigenvalue weighted by Crippen LogP contribution is 2.28. The van der Waals surface area contributed by atoms with E-state index in [9.17, 15) is 13.2 Å². The largest absolute Gasteiger partial charge is 0.445 e. The van der Waals surface area contributed by atoms with Crippen molar-refractivity contribution in [2.45, 2.75) is 56.7 Å². The predicted molar refractivity (Wildman–Crippen MR) is 110 cm³/mol. The molecule has 0 saturated carbocycles. The Labute approximate surface area is 172 Å². The lowest BCUT2D eigenvalue weighted by molar-refractivity contribution is 0.0678. The first-order valence-electron chi connectivity index (χ1n) is 9.86. The average Bonchev–Trinajstić information content (AvgIpc) is 3.15. The maximum atomic E-state index is 12.7. The lowest BCUT2D eigenvalue weighted by Gasteiger charge is -2.28. The Kier molecular flexibility index (Phi) is 6.92. The Morgan fingerprint density at radius 3 is 2.34 bits per heavy atom. The highest BCUT2D eigenvalue weighted by Gasteiger charge is 2.38. The lowest BCUT2D eigenvalue weighted by Crippen LogP contribution is -2.43. The summed E-state index contributed by atoms with van der Waals surface area (Å²) in [5, 5.41) is 0. The molecule has 0 N–H and O–H groups in total. The summed E-state index contributed by atoms with van der Waals surface area (Å²) in [6, 6.07) is 15.7. The quantitative estimate of drug-likeness (QED) is 0.629. The first-order chi connectivity index (χ1) is 13.9. The number of ether oxygens (including phenoxy) is 1. The molecule has 0 unspecified atom stereocenters. The Balaban J connectivity index is 1.64. The molecule has 1 fully saturated rings. The van der Waals surface area contributed by atoms with Crippen LogP contribution < -0.4 is 0 Å². The minimum absolute atomic E-state index is 0.0222. The molecule has 1 aliphatic rings. The van der Waals surface area contributed by atoms with Crippen molar-refractivity contribution >= 4 is 16.2 Å². The van der Waals surface area contributed by atoms with Crippen molar-refractivity contribution in [3.63, 3.8) is 0 Å². The van der Waals surface area contributed by atoms with Crippen LogP contribution in [0.3, 0.4) is 0 Å². The molecule has 156 valence electrons. The zero-order valence-electron chi connectivity index (χ0n) is 16.8. The van der Waals surface area contributed by atoms with Gasteiger partial charge in [-0.25, -0.2) is 4.79 Å². The molecule has 1 aliphatic heterocycles. The van der Waals surface area contributed by atoms with Crippen molar-refractivity contribution in [3.05, 3.63) is 65.7 Å². The van der Waals surface area contributed by atoms with Gasteiger partial charge in [0.05, 0.1) is 17.5 Å². The van der Waals surface area contributed by atoms with Gasteiger partial charge in [-0.15, -0.1) is 0 Å². The minimum atomic E-state index is -3.87. The van der Waals surface area contributed by atoms with E-state index in [0.717, 1.165) is 24.0 Å². The topological polar surface area (TPSA) is 72.9 Å². The molecular weight excluding hydrogens is 390 g/mol. The summed E-state index contributed by atoms with van der Waals surface area (Å²) in [5.41, 5.74) is 1.88. The zero-order valence-corrected chi connectivity index (χ0v) is 17.6. The van der Waals surface area contributed by atoms with Crippen LogP contribution in [0.4, 0.5) is 4.79 Å².